The van der Waals surface area contributed by atoms with E-state index in [0.717, 1.165) is 18.9 Å². The van der Waals surface area contributed by atoms with Crippen molar-refractivity contribution in [1.82, 2.24) is 4.98 Å². The highest BCUT2D eigenvalue weighted by Crippen LogP contribution is 2.21. The van der Waals surface area contributed by atoms with Crippen molar-refractivity contribution in [3.8, 4) is 0 Å². The molecule has 0 bridgehead atoms. The summed E-state index contributed by atoms with van der Waals surface area (Å²) >= 11 is 6.09. The Morgan fingerprint density at radius 3 is 2.38 bits per heavy atom. The Balaban J connectivity index is 2.70. The Kier molecular flexibility index (Phi) is 6.15. The summed E-state index contributed by atoms with van der Waals surface area (Å²) in [6.07, 6.45) is 1.73. The summed E-state index contributed by atoms with van der Waals surface area (Å²) < 4.78 is 10.1. The lowest BCUT2D eigenvalue weighted by molar-refractivity contribution is 0.190. The third-order valence-corrected chi connectivity index (χ3v) is 2.46. The molecule has 4 nitrogen and oxygen atoms in total. The van der Waals surface area contributed by atoms with Gasteiger partial charge in [0, 0.05) is 33.5 Å². The molecule has 0 aliphatic carbocycles. The van der Waals surface area contributed by atoms with E-state index in [-0.39, 0.29) is 0 Å². The van der Waals surface area contributed by atoms with Crippen LogP contribution in [0.4, 0.5) is 5.82 Å². The zero-order valence-electron chi connectivity index (χ0n) is 9.65. The highest BCUT2D eigenvalue weighted by Gasteiger charge is 2.10. The first-order chi connectivity index (χ1) is 7.79. The minimum Gasteiger partial charge on any atom is -0.383 e. The fourth-order valence-electron chi connectivity index (χ4n) is 1.34. The van der Waals surface area contributed by atoms with Crippen LogP contribution in [-0.4, -0.2) is 45.5 Å². The predicted octanol–water partition coefficient (Wildman–Crippen LogP) is 1.83. The standard InChI is InChI=1S/C11H17ClN2O2/c1-15-8-6-14(7-9-16-2)11-10(12)4-3-5-13-11/h3-5H,6-9H2,1-2H3. The van der Waals surface area contributed by atoms with Crippen LogP contribution in [0.3, 0.4) is 0 Å². The van der Waals surface area contributed by atoms with E-state index in [1.807, 2.05) is 12.1 Å². The number of halogens is 1. The van der Waals surface area contributed by atoms with E-state index in [9.17, 15) is 0 Å². The molecule has 0 atom stereocenters. The van der Waals surface area contributed by atoms with E-state index in [0.29, 0.717) is 18.2 Å². The van der Waals surface area contributed by atoms with E-state index < -0.39 is 0 Å². The van der Waals surface area contributed by atoms with Crippen molar-refractivity contribution in [2.45, 2.75) is 0 Å². The summed E-state index contributed by atoms with van der Waals surface area (Å²) in [5.41, 5.74) is 0. The SMILES string of the molecule is COCCN(CCOC)c1ncccc1Cl. The second-order valence-electron chi connectivity index (χ2n) is 3.28. The number of aromatic nitrogens is 1. The third-order valence-electron chi connectivity index (χ3n) is 2.17. The highest BCUT2D eigenvalue weighted by molar-refractivity contribution is 6.32. The van der Waals surface area contributed by atoms with Gasteiger partial charge in [-0.3, -0.25) is 0 Å². The van der Waals surface area contributed by atoms with Crippen LogP contribution in [0.1, 0.15) is 0 Å². The predicted molar refractivity (Wildman–Crippen MR) is 65.2 cm³/mol. The van der Waals surface area contributed by atoms with E-state index in [1.165, 1.54) is 0 Å². The molecule has 1 heterocycles. The molecule has 1 rings (SSSR count). The van der Waals surface area contributed by atoms with Crippen LogP contribution in [0.2, 0.25) is 5.02 Å². The molecule has 0 spiro atoms. The Bertz CT molecular complexity index is 302. The van der Waals surface area contributed by atoms with Crippen molar-refractivity contribution in [3.05, 3.63) is 23.4 Å². The molecule has 90 valence electrons. The van der Waals surface area contributed by atoms with E-state index >= 15 is 0 Å². The van der Waals surface area contributed by atoms with Gasteiger partial charge in [-0.05, 0) is 12.1 Å². The first-order valence-electron chi connectivity index (χ1n) is 5.13. The summed E-state index contributed by atoms with van der Waals surface area (Å²) in [5.74, 6) is 0.776. The number of hydrogen-bond donors (Lipinski definition) is 0. The van der Waals surface area contributed by atoms with Gasteiger partial charge < -0.3 is 14.4 Å². The van der Waals surface area contributed by atoms with Gasteiger partial charge in [0.1, 0.15) is 5.82 Å². The molecule has 0 aromatic carbocycles. The van der Waals surface area contributed by atoms with E-state index in [2.05, 4.69) is 9.88 Å². The second-order valence-corrected chi connectivity index (χ2v) is 3.69. The fraction of sp³-hybridized carbons (Fsp3) is 0.545. The normalized spacial score (nSPS) is 10.4. The van der Waals surface area contributed by atoms with Gasteiger partial charge >= 0.3 is 0 Å². The van der Waals surface area contributed by atoms with Crippen molar-refractivity contribution in [2.24, 2.45) is 0 Å². The third kappa shape index (κ3) is 3.96. The van der Waals surface area contributed by atoms with Gasteiger partial charge in [0.2, 0.25) is 0 Å². The van der Waals surface area contributed by atoms with Crippen LogP contribution in [0, 0.1) is 0 Å². The summed E-state index contributed by atoms with van der Waals surface area (Å²) in [4.78, 5) is 6.32. The van der Waals surface area contributed by atoms with Gasteiger partial charge in [-0.25, -0.2) is 4.98 Å². The first-order valence-corrected chi connectivity index (χ1v) is 5.50. The molecule has 1 aromatic heterocycles. The minimum absolute atomic E-state index is 0.636. The largest absolute Gasteiger partial charge is 0.383 e. The highest BCUT2D eigenvalue weighted by atomic mass is 35.5. The van der Waals surface area contributed by atoms with Gasteiger partial charge in [0.25, 0.3) is 0 Å². The van der Waals surface area contributed by atoms with E-state index in [1.54, 1.807) is 20.4 Å². The molecular weight excluding hydrogens is 228 g/mol. The molecule has 0 unspecified atom stereocenters. The number of hydrogen-bond acceptors (Lipinski definition) is 4. The van der Waals surface area contributed by atoms with E-state index in [4.69, 9.17) is 21.1 Å². The first kappa shape index (κ1) is 13.2. The Labute approximate surface area is 101 Å². The Morgan fingerprint density at radius 1 is 1.25 bits per heavy atom. The van der Waals surface area contributed by atoms with Crippen molar-refractivity contribution in [2.75, 3.05) is 45.4 Å². The van der Waals surface area contributed by atoms with Crippen molar-refractivity contribution in [3.63, 3.8) is 0 Å². The van der Waals surface area contributed by atoms with Gasteiger partial charge in [-0.15, -0.1) is 0 Å². The average molecular weight is 245 g/mol. The van der Waals surface area contributed by atoms with Crippen LogP contribution in [0.15, 0.2) is 18.3 Å². The molecular formula is C11H17ClN2O2. The lowest BCUT2D eigenvalue weighted by Gasteiger charge is -2.23. The molecule has 0 N–H and O–H groups in total. The molecule has 0 aliphatic rings. The van der Waals surface area contributed by atoms with Crippen LogP contribution in [0.25, 0.3) is 0 Å². The number of rotatable bonds is 7. The number of ether oxygens (including phenoxy) is 2. The fourth-order valence-corrected chi connectivity index (χ4v) is 1.58. The van der Waals surface area contributed by atoms with Crippen LogP contribution < -0.4 is 4.90 Å². The Morgan fingerprint density at radius 2 is 1.88 bits per heavy atom. The van der Waals surface area contributed by atoms with Crippen molar-refractivity contribution in [1.29, 1.82) is 0 Å². The summed E-state index contributed by atoms with van der Waals surface area (Å²) in [6, 6.07) is 3.65. The number of nitrogens with zero attached hydrogens (tertiary/aromatic N) is 2. The summed E-state index contributed by atoms with van der Waals surface area (Å²) in [6.45, 7) is 2.76. The number of anilines is 1. The molecule has 5 heteroatoms. The van der Waals surface area contributed by atoms with Crippen molar-refractivity contribution < 1.29 is 9.47 Å². The Hall–Kier alpha value is -0.840. The maximum absolute atomic E-state index is 6.09. The molecule has 0 fully saturated rings. The summed E-state index contributed by atoms with van der Waals surface area (Å²) in [7, 11) is 3.35. The molecule has 0 aliphatic heterocycles. The van der Waals surface area contributed by atoms with Crippen LogP contribution in [-0.2, 0) is 9.47 Å². The monoisotopic (exact) mass is 244 g/mol. The smallest absolute Gasteiger partial charge is 0.147 e. The molecule has 1 aromatic rings. The van der Waals surface area contributed by atoms with Gasteiger partial charge in [0.15, 0.2) is 0 Å². The van der Waals surface area contributed by atoms with Crippen LogP contribution in [0.5, 0.6) is 0 Å². The van der Waals surface area contributed by atoms with Gasteiger partial charge in [0.05, 0.1) is 18.2 Å². The molecule has 0 amide bonds. The lowest BCUT2D eigenvalue weighted by atomic mass is 10.4. The van der Waals surface area contributed by atoms with Gasteiger partial charge in [-0.2, -0.15) is 0 Å². The average Bonchev–Trinajstić information content (AvgIpc) is 2.31. The number of pyridine rings is 1. The molecule has 0 saturated carbocycles. The lowest BCUT2D eigenvalue weighted by Crippen LogP contribution is -2.31. The zero-order chi connectivity index (χ0) is 11.8. The molecule has 0 saturated heterocycles. The number of methoxy groups -OCH3 is 2. The van der Waals surface area contributed by atoms with Gasteiger partial charge in [-0.1, -0.05) is 11.6 Å². The van der Waals surface area contributed by atoms with Crippen LogP contribution >= 0.6 is 11.6 Å². The molecule has 0 radical (unpaired) electrons. The maximum atomic E-state index is 6.09. The van der Waals surface area contributed by atoms with Crippen molar-refractivity contribution >= 4 is 17.4 Å². The topological polar surface area (TPSA) is 34.6 Å². The molecule has 16 heavy (non-hydrogen) atoms. The zero-order valence-corrected chi connectivity index (χ0v) is 10.4. The minimum atomic E-state index is 0.636. The second kappa shape index (κ2) is 7.44. The maximum Gasteiger partial charge on any atom is 0.147 e. The summed E-state index contributed by atoms with van der Waals surface area (Å²) in [5, 5.41) is 0.648. The quantitative estimate of drug-likeness (QED) is 0.733.